The highest BCUT2D eigenvalue weighted by atomic mass is 16.5. The van der Waals surface area contributed by atoms with Crippen molar-refractivity contribution >= 4 is 22.8 Å². The minimum Gasteiger partial charge on any atom is -0.484 e. The van der Waals surface area contributed by atoms with E-state index in [2.05, 4.69) is 10.3 Å². The molecule has 0 unspecified atom stereocenters. The van der Waals surface area contributed by atoms with Gasteiger partial charge in [-0.25, -0.2) is 4.79 Å². The van der Waals surface area contributed by atoms with Gasteiger partial charge in [0.2, 0.25) is 0 Å². The van der Waals surface area contributed by atoms with E-state index in [9.17, 15) is 9.59 Å². The lowest BCUT2D eigenvalue weighted by Gasteiger charge is -2.16. The average molecular weight is 366 g/mol. The Morgan fingerprint density at radius 2 is 1.85 bits per heavy atom. The molecule has 1 atom stereocenters. The van der Waals surface area contributed by atoms with E-state index in [0.29, 0.717) is 12.2 Å². The average Bonchev–Trinajstić information content (AvgIpc) is 3.09. The number of hydrogen-bond acceptors (Lipinski definition) is 4. The molecule has 1 aromatic heterocycles. The van der Waals surface area contributed by atoms with E-state index in [1.807, 2.05) is 49.5 Å². The Morgan fingerprint density at radius 3 is 2.59 bits per heavy atom. The fourth-order valence-corrected chi connectivity index (χ4v) is 2.88. The van der Waals surface area contributed by atoms with Crippen molar-refractivity contribution < 1.29 is 19.1 Å². The number of H-pyrrole nitrogens is 1. The van der Waals surface area contributed by atoms with Crippen LogP contribution in [0.25, 0.3) is 10.9 Å². The standard InChI is InChI=1S/C21H22N2O4/c1-14-7-9-16(10-8-14)27-13-20(24)23-19(21(25)26-2)11-15-12-22-18-6-4-3-5-17(15)18/h3-10,12,19,22H,11,13H2,1-2H3,(H,23,24)/t19-/m0/s1. The van der Waals surface area contributed by atoms with E-state index < -0.39 is 12.0 Å². The number of esters is 1. The summed E-state index contributed by atoms with van der Waals surface area (Å²) in [4.78, 5) is 27.6. The second-order valence-corrected chi connectivity index (χ2v) is 6.31. The van der Waals surface area contributed by atoms with E-state index in [-0.39, 0.29) is 12.5 Å². The lowest BCUT2D eigenvalue weighted by molar-refractivity contribution is -0.145. The van der Waals surface area contributed by atoms with Gasteiger partial charge in [-0.05, 0) is 30.7 Å². The first kappa shape index (κ1) is 18.5. The van der Waals surface area contributed by atoms with Crippen molar-refractivity contribution in [2.45, 2.75) is 19.4 Å². The molecule has 0 aliphatic heterocycles. The number of aromatic amines is 1. The Balaban J connectivity index is 1.65. The first-order valence-corrected chi connectivity index (χ1v) is 8.68. The first-order chi connectivity index (χ1) is 13.1. The normalized spacial score (nSPS) is 11.8. The smallest absolute Gasteiger partial charge is 0.328 e. The molecule has 0 aliphatic rings. The maximum Gasteiger partial charge on any atom is 0.328 e. The highest BCUT2D eigenvalue weighted by Gasteiger charge is 2.23. The molecular formula is C21H22N2O4. The lowest BCUT2D eigenvalue weighted by Crippen LogP contribution is -2.44. The number of fused-ring (bicyclic) bond motifs is 1. The van der Waals surface area contributed by atoms with Gasteiger partial charge in [0.05, 0.1) is 7.11 Å². The predicted molar refractivity (Wildman–Crippen MR) is 103 cm³/mol. The van der Waals surface area contributed by atoms with Gasteiger partial charge in [0.25, 0.3) is 5.91 Å². The Kier molecular flexibility index (Phi) is 5.76. The number of aromatic nitrogens is 1. The van der Waals surface area contributed by atoms with Crippen LogP contribution in [0.3, 0.4) is 0 Å². The zero-order valence-electron chi connectivity index (χ0n) is 15.3. The number of rotatable bonds is 7. The number of nitrogens with one attached hydrogen (secondary N) is 2. The summed E-state index contributed by atoms with van der Waals surface area (Å²) in [5.41, 5.74) is 3.02. The second-order valence-electron chi connectivity index (χ2n) is 6.31. The molecule has 1 heterocycles. The molecule has 2 N–H and O–H groups in total. The topological polar surface area (TPSA) is 80.4 Å². The maximum atomic E-state index is 12.3. The van der Waals surface area contributed by atoms with E-state index in [0.717, 1.165) is 22.0 Å². The van der Waals surface area contributed by atoms with Crippen molar-refractivity contribution in [2.75, 3.05) is 13.7 Å². The molecule has 27 heavy (non-hydrogen) atoms. The van der Waals surface area contributed by atoms with Crippen molar-refractivity contribution in [3.05, 3.63) is 65.9 Å². The number of ether oxygens (including phenoxy) is 2. The number of aryl methyl sites for hydroxylation is 1. The van der Waals surface area contributed by atoms with Crippen LogP contribution in [0.15, 0.2) is 54.7 Å². The number of methoxy groups -OCH3 is 1. The monoisotopic (exact) mass is 366 g/mol. The summed E-state index contributed by atoms with van der Waals surface area (Å²) in [5, 5.41) is 3.71. The Morgan fingerprint density at radius 1 is 1.11 bits per heavy atom. The zero-order chi connectivity index (χ0) is 19.2. The molecule has 3 aromatic rings. The van der Waals surface area contributed by atoms with Crippen LogP contribution in [-0.4, -0.2) is 36.6 Å². The van der Waals surface area contributed by atoms with Gasteiger partial charge in [-0.3, -0.25) is 4.79 Å². The third-order valence-corrected chi connectivity index (χ3v) is 4.31. The van der Waals surface area contributed by atoms with Crippen LogP contribution in [-0.2, 0) is 20.7 Å². The number of hydrogen-bond donors (Lipinski definition) is 2. The number of carbonyl (C=O) groups is 2. The molecule has 0 radical (unpaired) electrons. The van der Waals surface area contributed by atoms with Gasteiger partial charge >= 0.3 is 5.97 Å². The fraction of sp³-hybridized carbons (Fsp3) is 0.238. The quantitative estimate of drug-likeness (QED) is 0.630. The molecule has 0 aliphatic carbocycles. The zero-order valence-corrected chi connectivity index (χ0v) is 15.3. The molecule has 140 valence electrons. The molecule has 3 rings (SSSR count). The first-order valence-electron chi connectivity index (χ1n) is 8.68. The second kappa shape index (κ2) is 8.40. The molecule has 1 amide bonds. The highest BCUT2D eigenvalue weighted by Crippen LogP contribution is 2.19. The van der Waals surface area contributed by atoms with Gasteiger partial charge < -0.3 is 19.8 Å². The van der Waals surface area contributed by atoms with Crippen molar-refractivity contribution in [1.82, 2.24) is 10.3 Å². The van der Waals surface area contributed by atoms with Gasteiger partial charge in [0, 0.05) is 23.5 Å². The van der Waals surface area contributed by atoms with Crippen molar-refractivity contribution in [1.29, 1.82) is 0 Å². The minimum atomic E-state index is -0.789. The Labute approximate surface area is 157 Å². The van der Waals surface area contributed by atoms with Crippen molar-refractivity contribution in [3.8, 4) is 5.75 Å². The van der Waals surface area contributed by atoms with Crippen molar-refractivity contribution in [2.24, 2.45) is 0 Å². The van der Waals surface area contributed by atoms with Crippen LogP contribution in [0.5, 0.6) is 5.75 Å². The van der Waals surface area contributed by atoms with Gasteiger partial charge in [0.15, 0.2) is 6.61 Å². The van der Waals surface area contributed by atoms with Gasteiger partial charge in [-0.15, -0.1) is 0 Å². The van der Waals surface area contributed by atoms with Gasteiger partial charge in [-0.2, -0.15) is 0 Å². The summed E-state index contributed by atoms with van der Waals surface area (Å²) in [7, 11) is 1.31. The summed E-state index contributed by atoms with van der Waals surface area (Å²) >= 11 is 0. The maximum absolute atomic E-state index is 12.3. The third kappa shape index (κ3) is 4.67. The number of carbonyl (C=O) groups excluding carboxylic acids is 2. The van der Waals surface area contributed by atoms with E-state index in [1.54, 1.807) is 12.1 Å². The number of para-hydroxylation sites is 1. The van der Waals surface area contributed by atoms with Crippen LogP contribution < -0.4 is 10.1 Å². The third-order valence-electron chi connectivity index (χ3n) is 4.31. The summed E-state index contributed by atoms with van der Waals surface area (Å²) in [6, 6.07) is 14.4. The summed E-state index contributed by atoms with van der Waals surface area (Å²) in [5.74, 6) is -0.281. The molecule has 2 aromatic carbocycles. The molecule has 0 spiro atoms. The Hall–Kier alpha value is -3.28. The molecule has 6 heteroatoms. The molecule has 0 saturated heterocycles. The fourth-order valence-electron chi connectivity index (χ4n) is 2.88. The summed E-state index contributed by atoms with van der Waals surface area (Å²) in [6.07, 6.45) is 2.17. The molecular weight excluding hydrogens is 344 g/mol. The van der Waals surface area contributed by atoms with E-state index in [1.165, 1.54) is 7.11 Å². The predicted octanol–water partition coefficient (Wildman–Crippen LogP) is 2.76. The van der Waals surface area contributed by atoms with Gasteiger partial charge in [-0.1, -0.05) is 35.9 Å². The molecule has 0 bridgehead atoms. The SMILES string of the molecule is COC(=O)[C@H](Cc1c[nH]c2ccccc12)NC(=O)COc1ccc(C)cc1. The number of benzene rings is 2. The van der Waals surface area contributed by atoms with Crippen LogP contribution in [0.2, 0.25) is 0 Å². The molecule has 0 saturated carbocycles. The molecule has 0 fully saturated rings. The van der Waals surface area contributed by atoms with Crippen molar-refractivity contribution in [3.63, 3.8) is 0 Å². The van der Waals surface area contributed by atoms with E-state index >= 15 is 0 Å². The van der Waals surface area contributed by atoms with Crippen LogP contribution in [0.4, 0.5) is 0 Å². The Bertz CT molecular complexity index is 931. The van der Waals surface area contributed by atoms with Gasteiger partial charge in [0.1, 0.15) is 11.8 Å². The van der Waals surface area contributed by atoms with Crippen LogP contribution in [0, 0.1) is 6.92 Å². The minimum absolute atomic E-state index is 0.176. The largest absolute Gasteiger partial charge is 0.484 e. The molecule has 6 nitrogen and oxygen atoms in total. The lowest BCUT2D eigenvalue weighted by atomic mass is 10.0. The summed E-state index contributed by atoms with van der Waals surface area (Å²) in [6.45, 7) is 1.80. The van der Waals surface area contributed by atoms with Crippen LogP contribution in [0.1, 0.15) is 11.1 Å². The number of amides is 1. The van der Waals surface area contributed by atoms with Crippen LogP contribution >= 0.6 is 0 Å². The highest BCUT2D eigenvalue weighted by molar-refractivity contribution is 5.87. The van der Waals surface area contributed by atoms with E-state index in [4.69, 9.17) is 9.47 Å². The summed E-state index contributed by atoms with van der Waals surface area (Å²) < 4.78 is 10.3.